The van der Waals surface area contributed by atoms with E-state index in [-0.39, 0.29) is 5.97 Å². The maximum Gasteiger partial charge on any atom is 0.311 e. The molecule has 1 fully saturated rings. The van der Waals surface area contributed by atoms with E-state index in [4.69, 9.17) is 4.74 Å². The second kappa shape index (κ2) is 7.14. The Morgan fingerprint density at radius 2 is 2.33 bits per heavy atom. The van der Waals surface area contributed by atoms with Crippen LogP contribution >= 0.6 is 23.1 Å². The first-order valence-electron chi connectivity index (χ1n) is 6.48. The lowest BCUT2D eigenvalue weighted by Crippen LogP contribution is -2.07. The number of hydrogen-bond acceptors (Lipinski definition) is 5. The average Bonchev–Trinajstić information content (AvgIpc) is 2.97. The summed E-state index contributed by atoms with van der Waals surface area (Å²) in [7, 11) is 0. The summed E-state index contributed by atoms with van der Waals surface area (Å²) in [6, 6.07) is 0. The molecule has 1 aliphatic carbocycles. The number of carbonyl (C=O) groups excluding carboxylic acids is 1. The first-order chi connectivity index (χ1) is 8.78. The molecular weight excluding hydrogens is 266 g/mol. The molecule has 0 aliphatic heterocycles. The summed E-state index contributed by atoms with van der Waals surface area (Å²) < 4.78 is 4.92. The van der Waals surface area contributed by atoms with Crippen molar-refractivity contribution in [3.05, 3.63) is 16.1 Å². The fourth-order valence-electron chi connectivity index (χ4n) is 2.10. The largest absolute Gasteiger partial charge is 0.466 e. The summed E-state index contributed by atoms with van der Waals surface area (Å²) in [5.74, 6) is 0.802. The monoisotopic (exact) mass is 285 g/mol. The Labute approximate surface area is 116 Å². The van der Waals surface area contributed by atoms with Gasteiger partial charge < -0.3 is 4.74 Å². The molecule has 100 valence electrons. The highest BCUT2D eigenvalue weighted by Crippen LogP contribution is 2.32. The molecule has 1 heterocycles. The highest BCUT2D eigenvalue weighted by atomic mass is 32.2. The third-order valence-corrected chi connectivity index (χ3v) is 5.44. The van der Waals surface area contributed by atoms with Crippen molar-refractivity contribution in [2.45, 2.75) is 50.0 Å². The summed E-state index contributed by atoms with van der Waals surface area (Å²) in [4.78, 5) is 15.8. The molecular formula is C13H19NO2S2. The van der Waals surface area contributed by atoms with Crippen LogP contribution < -0.4 is 0 Å². The van der Waals surface area contributed by atoms with Crippen molar-refractivity contribution in [3.63, 3.8) is 0 Å². The van der Waals surface area contributed by atoms with Crippen LogP contribution in [0.25, 0.3) is 0 Å². The zero-order valence-electron chi connectivity index (χ0n) is 10.7. The number of hydrogen-bond donors (Lipinski definition) is 0. The lowest BCUT2D eigenvalue weighted by atomic mass is 10.3. The minimum atomic E-state index is -0.183. The van der Waals surface area contributed by atoms with Crippen molar-refractivity contribution in [3.8, 4) is 0 Å². The van der Waals surface area contributed by atoms with Gasteiger partial charge in [0.25, 0.3) is 0 Å². The average molecular weight is 285 g/mol. The molecule has 5 heteroatoms. The SMILES string of the molecule is CCOC(=O)Cc1csc(CSC2CCCC2)n1. The highest BCUT2D eigenvalue weighted by molar-refractivity contribution is 7.99. The highest BCUT2D eigenvalue weighted by Gasteiger charge is 2.16. The van der Waals surface area contributed by atoms with Gasteiger partial charge in [-0.05, 0) is 19.8 Å². The number of carbonyl (C=O) groups is 1. The zero-order chi connectivity index (χ0) is 12.8. The van der Waals surface area contributed by atoms with E-state index in [1.165, 1.54) is 25.7 Å². The normalized spacial score (nSPS) is 16.1. The van der Waals surface area contributed by atoms with Gasteiger partial charge in [0.15, 0.2) is 0 Å². The van der Waals surface area contributed by atoms with Crippen molar-refractivity contribution < 1.29 is 9.53 Å². The van der Waals surface area contributed by atoms with Gasteiger partial charge in [0.2, 0.25) is 0 Å². The Kier molecular flexibility index (Phi) is 5.50. The van der Waals surface area contributed by atoms with Crippen molar-refractivity contribution in [2.75, 3.05) is 6.61 Å². The topological polar surface area (TPSA) is 39.2 Å². The Morgan fingerprint density at radius 1 is 1.56 bits per heavy atom. The second-order valence-electron chi connectivity index (χ2n) is 4.43. The molecule has 0 aromatic carbocycles. The molecule has 2 rings (SSSR count). The lowest BCUT2D eigenvalue weighted by Gasteiger charge is -2.05. The number of thiazole rings is 1. The molecule has 1 aliphatic rings. The fourth-order valence-corrected chi connectivity index (χ4v) is 4.26. The first kappa shape index (κ1) is 13.9. The van der Waals surface area contributed by atoms with Crippen LogP contribution in [0.3, 0.4) is 0 Å². The molecule has 0 saturated heterocycles. The Balaban J connectivity index is 1.76. The van der Waals surface area contributed by atoms with E-state index >= 15 is 0 Å². The maximum atomic E-state index is 11.3. The summed E-state index contributed by atoms with van der Waals surface area (Å²) in [5.41, 5.74) is 0.848. The molecule has 0 radical (unpaired) electrons. The van der Waals surface area contributed by atoms with Crippen LogP contribution in [-0.2, 0) is 21.7 Å². The maximum absolute atomic E-state index is 11.3. The molecule has 18 heavy (non-hydrogen) atoms. The third-order valence-electron chi connectivity index (χ3n) is 2.97. The van der Waals surface area contributed by atoms with Crippen molar-refractivity contribution in [2.24, 2.45) is 0 Å². The van der Waals surface area contributed by atoms with Gasteiger partial charge >= 0.3 is 5.97 Å². The number of esters is 1. The Hall–Kier alpha value is -0.550. The third kappa shape index (κ3) is 4.28. The second-order valence-corrected chi connectivity index (χ2v) is 6.66. The van der Waals surface area contributed by atoms with E-state index in [1.807, 2.05) is 24.1 Å². The smallest absolute Gasteiger partial charge is 0.311 e. The first-order valence-corrected chi connectivity index (χ1v) is 8.41. The Morgan fingerprint density at radius 3 is 3.06 bits per heavy atom. The lowest BCUT2D eigenvalue weighted by molar-refractivity contribution is -0.142. The molecule has 0 unspecified atom stereocenters. The van der Waals surface area contributed by atoms with E-state index in [1.54, 1.807) is 11.3 Å². The summed E-state index contributed by atoms with van der Waals surface area (Å²) in [5, 5.41) is 3.93. The number of ether oxygens (including phenoxy) is 1. The molecule has 1 aromatic heterocycles. The number of rotatable bonds is 6. The number of thioether (sulfide) groups is 1. The molecule has 0 atom stereocenters. The molecule has 0 spiro atoms. The van der Waals surface area contributed by atoms with Gasteiger partial charge in [-0.25, -0.2) is 4.98 Å². The predicted octanol–water partition coefficient (Wildman–Crippen LogP) is 3.42. The summed E-state index contributed by atoms with van der Waals surface area (Å²) in [6.45, 7) is 2.26. The van der Waals surface area contributed by atoms with Crippen LogP contribution in [0.4, 0.5) is 0 Å². The van der Waals surface area contributed by atoms with E-state index in [2.05, 4.69) is 4.98 Å². The van der Waals surface area contributed by atoms with Crippen molar-refractivity contribution >= 4 is 29.1 Å². The van der Waals surface area contributed by atoms with Crippen LogP contribution in [0.15, 0.2) is 5.38 Å². The molecule has 0 amide bonds. The van der Waals surface area contributed by atoms with Crippen LogP contribution in [0, 0.1) is 0 Å². The molecule has 0 N–H and O–H groups in total. The van der Waals surface area contributed by atoms with Gasteiger partial charge in [-0.3, -0.25) is 4.79 Å². The molecule has 0 bridgehead atoms. The van der Waals surface area contributed by atoms with Crippen LogP contribution in [-0.4, -0.2) is 22.8 Å². The quantitative estimate of drug-likeness (QED) is 0.751. The molecule has 3 nitrogen and oxygen atoms in total. The standard InChI is InChI=1S/C13H19NO2S2/c1-2-16-13(15)7-10-8-18-12(14-10)9-17-11-5-3-4-6-11/h8,11H,2-7,9H2,1H3. The van der Waals surface area contributed by atoms with Crippen LogP contribution in [0.5, 0.6) is 0 Å². The summed E-state index contributed by atoms with van der Waals surface area (Å²) in [6.07, 6.45) is 5.77. The number of nitrogens with zero attached hydrogens (tertiary/aromatic N) is 1. The van der Waals surface area contributed by atoms with Gasteiger partial charge in [-0.1, -0.05) is 12.8 Å². The van der Waals surface area contributed by atoms with Gasteiger partial charge in [-0.2, -0.15) is 11.8 Å². The Bertz CT molecular complexity index is 386. The van der Waals surface area contributed by atoms with Crippen LogP contribution in [0.2, 0.25) is 0 Å². The van der Waals surface area contributed by atoms with Crippen LogP contribution in [0.1, 0.15) is 43.3 Å². The van der Waals surface area contributed by atoms with Gasteiger partial charge in [0.05, 0.1) is 18.7 Å². The van der Waals surface area contributed by atoms with Gasteiger partial charge in [0.1, 0.15) is 5.01 Å². The number of aromatic nitrogens is 1. The minimum absolute atomic E-state index is 0.183. The predicted molar refractivity (Wildman–Crippen MR) is 76.0 cm³/mol. The zero-order valence-corrected chi connectivity index (χ0v) is 12.3. The van der Waals surface area contributed by atoms with E-state index in [9.17, 15) is 4.79 Å². The van der Waals surface area contributed by atoms with Crippen molar-refractivity contribution in [1.29, 1.82) is 0 Å². The molecule has 1 saturated carbocycles. The van der Waals surface area contributed by atoms with Gasteiger partial charge in [0, 0.05) is 16.4 Å². The molecule has 1 aromatic rings. The minimum Gasteiger partial charge on any atom is -0.466 e. The van der Waals surface area contributed by atoms with E-state index < -0.39 is 0 Å². The summed E-state index contributed by atoms with van der Waals surface area (Å²) >= 11 is 3.66. The van der Waals surface area contributed by atoms with E-state index in [0.717, 1.165) is 21.7 Å². The van der Waals surface area contributed by atoms with Crippen molar-refractivity contribution in [1.82, 2.24) is 4.98 Å². The fraction of sp³-hybridized carbons (Fsp3) is 0.692. The van der Waals surface area contributed by atoms with Gasteiger partial charge in [-0.15, -0.1) is 11.3 Å². The van der Waals surface area contributed by atoms with E-state index in [0.29, 0.717) is 13.0 Å².